The van der Waals surface area contributed by atoms with E-state index in [2.05, 4.69) is 13.0 Å². The first kappa shape index (κ1) is 18.2. The minimum Gasteiger partial charge on any atom is -0.497 e. The van der Waals surface area contributed by atoms with Gasteiger partial charge in [-0.2, -0.15) is 0 Å². The summed E-state index contributed by atoms with van der Waals surface area (Å²) in [5.41, 5.74) is 0.278. The molecule has 1 amide bonds. The third kappa shape index (κ3) is 3.41. The second kappa shape index (κ2) is 6.99. The number of amides is 1. The molecule has 1 N–H and O–H groups in total. The van der Waals surface area contributed by atoms with Crippen LogP contribution in [-0.2, 0) is 4.79 Å². The van der Waals surface area contributed by atoms with Crippen molar-refractivity contribution in [3.63, 3.8) is 0 Å². The van der Waals surface area contributed by atoms with Crippen molar-refractivity contribution >= 4 is 5.91 Å². The number of carbonyl (C=O) groups is 1. The highest BCUT2D eigenvalue weighted by atomic mass is 16.5. The van der Waals surface area contributed by atoms with Crippen LogP contribution in [0.3, 0.4) is 0 Å². The molecule has 2 atom stereocenters. The third-order valence-corrected chi connectivity index (χ3v) is 6.65. The van der Waals surface area contributed by atoms with Crippen molar-refractivity contribution in [3.8, 4) is 5.75 Å². The van der Waals surface area contributed by atoms with Crippen LogP contribution in [0.25, 0.3) is 0 Å². The van der Waals surface area contributed by atoms with E-state index in [9.17, 15) is 9.90 Å². The molecular formula is C21H31NO3. The van der Waals surface area contributed by atoms with Crippen LogP contribution in [-0.4, -0.2) is 41.7 Å². The van der Waals surface area contributed by atoms with Gasteiger partial charge >= 0.3 is 0 Å². The molecule has 2 fully saturated rings. The van der Waals surface area contributed by atoms with E-state index >= 15 is 0 Å². The van der Waals surface area contributed by atoms with E-state index in [0.29, 0.717) is 25.9 Å². The van der Waals surface area contributed by atoms with Gasteiger partial charge in [-0.1, -0.05) is 38.8 Å². The number of β-amino-alcohol motifs (C(OH)–C–C–N with tert-alkyl or cyclic N) is 1. The molecule has 4 heteroatoms. The number of hydrogen-bond donors (Lipinski definition) is 1. The number of methoxy groups -OCH3 is 1. The molecule has 1 saturated heterocycles. The van der Waals surface area contributed by atoms with Crippen LogP contribution in [0.2, 0.25) is 0 Å². The van der Waals surface area contributed by atoms with Gasteiger partial charge in [-0.25, -0.2) is 0 Å². The summed E-state index contributed by atoms with van der Waals surface area (Å²) < 4.78 is 5.31. The van der Waals surface area contributed by atoms with Crippen molar-refractivity contribution in [1.29, 1.82) is 0 Å². The number of rotatable bonds is 6. The molecule has 3 rings (SSSR count). The van der Waals surface area contributed by atoms with Crippen molar-refractivity contribution in [1.82, 2.24) is 4.90 Å². The predicted molar refractivity (Wildman–Crippen MR) is 98.7 cm³/mol. The molecule has 1 heterocycles. The van der Waals surface area contributed by atoms with Crippen molar-refractivity contribution in [3.05, 3.63) is 29.8 Å². The molecule has 0 bridgehead atoms. The van der Waals surface area contributed by atoms with Crippen molar-refractivity contribution in [2.24, 2.45) is 5.41 Å². The highest BCUT2D eigenvalue weighted by Gasteiger charge is 2.49. The first-order valence-electron chi connectivity index (χ1n) is 9.55. The Balaban J connectivity index is 1.74. The molecule has 138 valence electrons. The van der Waals surface area contributed by atoms with Gasteiger partial charge in [-0.15, -0.1) is 0 Å². The zero-order chi connectivity index (χ0) is 18.1. The minimum atomic E-state index is -0.789. The van der Waals surface area contributed by atoms with Gasteiger partial charge in [0.25, 0.3) is 0 Å². The number of nitrogens with zero attached hydrogens (tertiary/aromatic N) is 1. The van der Waals surface area contributed by atoms with E-state index in [0.717, 1.165) is 24.2 Å². The zero-order valence-corrected chi connectivity index (χ0v) is 15.8. The number of ether oxygens (including phenoxy) is 1. The number of hydrogen-bond acceptors (Lipinski definition) is 3. The Labute approximate surface area is 151 Å². The maximum atomic E-state index is 12.6. The average Bonchev–Trinajstić information content (AvgIpc) is 3.22. The second-order valence-electron chi connectivity index (χ2n) is 8.10. The lowest BCUT2D eigenvalue weighted by atomic mass is 9.70. The fourth-order valence-electron chi connectivity index (χ4n) is 4.71. The normalized spacial score (nSPS) is 25.2. The first-order chi connectivity index (χ1) is 11.9. The van der Waals surface area contributed by atoms with E-state index in [-0.39, 0.29) is 17.2 Å². The van der Waals surface area contributed by atoms with E-state index in [1.165, 1.54) is 12.8 Å². The lowest BCUT2D eigenvalue weighted by molar-refractivity contribution is -0.137. The smallest absolute Gasteiger partial charge is 0.223 e. The van der Waals surface area contributed by atoms with Gasteiger partial charge in [0.05, 0.1) is 12.7 Å². The molecule has 25 heavy (non-hydrogen) atoms. The Kier molecular flexibility index (Phi) is 5.10. The molecule has 0 unspecified atom stereocenters. The summed E-state index contributed by atoms with van der Waals surface area (Å²) in [5.74, 6) is 1.16. The molecular weight excluding hydrogens is 314 g/mol. The molecule has 1 aromatic rings. The number of carbonyl (C=O) groups excluding carboxylic acids is 1. The van der Waals surface area contributed by atoms with Crippen LogP contribution >= 0.6 is 0 Å². The van der Waals surface area contributed by atoms with Crippen LogP contribution in [0.4, 0.5) is 0 Å². The highest BCUT2D eigenvalue weighted by Crippen LogP contribution is 2.48. The first-order valence-corrected chi connectivity index (χ1v) is 9.55. The molecule has 0 spiro atoms. The third-order valence-electron chi connectivity index (χ3n) is 6.65. The van der Waals surface area contributed by atoms with Crippen LogP contribution in [0.1, 0.15) is 63.9 Å². The summed E-state index contributed by atoms with van der Waals surface area (Å²) in [6.07, 6.45) is 5.68. The molecule has 4 nitrogen and oxygen atoms in total. The van der Waals surface area contributed by atoms with Crippen LogP contribution in [0.15, 0.2) is 24.3 Å². The van der Waals surface area contributed by atoms with Gasteiger partial charge in [0.15, 0.2) is 0 Å². The summed E-state index contributed by atoms with van der Waals surface area (Å²) in [5, 5.41) is 11.4. The summed E-state index contributed by atoms with van der Waals surface area (Å²) in [4.78, 5) is 14.5. The summed E-state index contributed by atoms with van der Waals surface area (Å²) in [6, 6.07) is 7.98. The van der Waals surface area contributed by atoms with Crippen LogP contribution < -0.4 is 4.74 Å². The Morgan fingerprint density at radius 3 is 2.72 bits per heavy atom. The average molecular weight is 345 g/mol. The minimum absolute atomic E-state index is 0.0733. The molecule has 1 aromatic carbocycles. The molecule has 1 aliphatic heterocycles. The summed E-state index contributed by atoms with van der Waals surface area (Å²) >= 11 is 0. The number of aliphatic hydroxyl groups is 1. The van der Waals surface area contributed by atoms with Gasteiger partial charge in [0.2, 0.25) is 5.91 Å². The van der Waals surface area contributed by atoms with Crippen LogP contribution in [0.5, 0.6) is 5.75 Å². The van der Waals surface area contributed by atoms with Crippen molar-refractivity contribution < 1.29 is 14.6 Å². The highest BCUT2D eigenvalue weighted by molar-refractivity contribution is 5.80. The second-order valence-corrected chi connectivity index (χ2v) is 8.10. The molecule has 0 aromatic heterocycles. The Morgan fingerprint density at radius 2 is 2.08 bits per heavy atom. The monoisotopic (exact) mass is 345 g/mol. The van der Waals surface area contributed by atoms with Gasteiger partial charge in [0.1, 0.15) is 5.75 Å². The number of benzene rings is 1. The fraction of sp³-hybridized carbons (Fsp3) is 0.667. The van der Waals surface area contributed by atoms with Gasteiger partial charge in [-0.3, -0.25) is 4.79 Å². The summed E-state index contributed by atoms with van der Waals surface area (Å²) in [6.45, 7) is 5.39. The largest absolute Gasteiger partial charge is 0.497 e. The van der Waals surface area contributed by atoms with Crippen molar-refractivity contribution in [2.45, 2.75) is 63.9 Å². The predicted octanol–water partition coefficient (Wildman–Crippen LogP) is 3.73. The molecule has 1 saturated carbocycles. The Morgan fingerprint density at radius 1 is 1.36 bits per heavy atom. The van der Waals surface area contributed by atoms with Gasteiger partial charge in [0, 0.05) is 25.4 Å². The standard InChI is InChI=1S/C21H31NO3/c1-4-21(24,20(2)10-5-6-11-20)15-22-14-17(13-19(22)23)16-8-7-9-18(12-16)25-3/h7-9,12,17,24H,4-6,10-11,13-15H2,1-3H3/t17-,21+/m0/s1. The lowest BCUT2D eigenvalue weighted by Gasteiger charge is -2.44. The van der Waals surface area contributed by atoms with Gasteiger partial charge < -0.3 is 14.7 Å². The maximum absolute atomic E-state index is 12.6. The van der Waals surface area contributed by atoms with Gasteiger partial charge in [-0.05, 0) is 42.4 Å². The quantitative estimate of drug-likeness (QED) is 0.854. The fourth-order valence-corrected chi connectivity index (χ4v) is 4.71. The lowest BCUT2D eigenvalue weighted by Crippen LogP contribution is -2.53. The molecule has 0 radical (unpaired) electrons. The topological polar surface area (TPSA) is 49.8 Å². The van der Waals surface area contributed by atoms with E-state index in [1.807, 2.05) is 30.0 Å². The summed E-state index contributed by atoms with van der Waals surface area (Å²) in [7, 11) is 1.66. The maximum Gasteiger partial charge on any atom is 0.223 e. The zero-order valence-electron chi connectivity index (χ0n) is 15.8. The number of likely N-dealkylation sites (tertiary alicyclic amines) is 1. The SMILES string of the molecule is CC[C@@](O)(CN1C[C@@H](c2cccc(OC)c2)CC1=O)C1(C)CCCC1. The molecule has 2 aliphatic rings. The Bertz CT molecular complexity index is 623. The van der Waals surface area contributed by atoms with E-state index in [1.54, 1.807) is 7.11 Å². The van der Waals surface area contributed by atoms with Crippen LogP contribution in [0, 0.1) is 5.41 Å². The molecule has 1 aliphatic carbocycles. The van der Waals surface area contributed by atoms with E-state index in [4.69, 9.17) is 4.74 Å². The Hall–Kier alpha value is -1.55. The van der Waals surface area contributed by atoms with Crippen molar-refractivity contribution in [2.75, 3.05) is 20.2 Å². The van der Waals surface area contributed by atoms with E-state index < -0.39 is 5.60 Å².